The second-order valence-electron chi connectivity index (χ2n) is 6.01. The molecule has 25 heavy (non-hydrogen) atoms. The summed E-state index contributed by atoms with van der Waals surface area (Å²) in [6, 6.07) is 5.54. The summed E-state index contributed by atoms with van der Waals surface area (Å²) < 4.78 is 4.25. The van der Waals surface area contributed by atoms with E-state index in [2.05, 4.69) is 36.7 Å². The molecule has 0 unspecified atom stereocenters. The maximum atomic E-state index is 12.1. The maximum absolute atomic E-state index is 12.1. The first kappa shape index (κ1) is 16.0. The van der Waals surface area contributed by atoms with Crippen molar-refractivity contribution in [2.45, 2.75) is 38.1 Å². The Balaban J connectivity index is 1.37. The van der Waals surface area contributed by atoms with E-state index < -0.39 is 0 Å². The lowest BCUT2D eigenvalue weighted by Crippen LogP contribution is -2.28. The quantitative estimate of drug-likeness (QED) is 0.737. The molecule has 0 atom stereocenters. The Labute approximate surface area is 149 Å². The number of imidazole rings is 2. The van der Waals surface area contributed by atoms with Crippen LogP contribution in [0, 0.1) is 0 Å². The molecule has 8 heteroatoms. The van der Waals surface area contributed by atoms with Gasteiger partial charge in [0.15, 0.2) is 5.16 Å². The lowest BCUT2D eigenvalue weighted by molar-refractivity contribution is 0.251. The smallest absolute Gasteiger partial charge is 0.319 e. The predicted molar refractivity (Wildman–Crippen MR) is 98.8 cm³/mol. The first-order chi connectivity index (χ1) is 12.2. The summed E-state index contributed by atoms with van der Waals surface area (Å²) in [5.41, 5.74) is 3.58. The topological polar surface area (TPSA) is 76.8 Å². The Kier molecular flexibility index (Phi) is 4.35. The number of carbonyl (C=O) groups is 1. The van der Waals surface area contributed by atoms with Gasteiger partial charge in [-0.2, -0.15) is 0 Å². The van der Waals surface area contributed by atoms with Crippen molar-refractivity contribution < 1.29 is 4.79 Å². The molecule has 0 saturated carbocycles. The van der Waals surface area contributed by atoms with Crippen molar-refractivity contribution in [2.75, 3.05) is 11.1 Å². The van der Waals surface area contributed by atoms with E-state index in [4.69, 9.17) is 0 Å². The summed E-state index contributed by atoms with van der Waals surface area (Å²) in [5.74, 6) is 1.08. The Hall–Kier alpha value is -2.48. The van der Waals surface area contributed by atoms with E-state index in [0.29, 0.717) is 6.54 Å². The van der Waals surface area contributed by atoms with Gasteiger partial charge in [-0.15, -0.1) is 0 Å². The van der Waals surface area contributed by atoms with Crippen LogP contribution in [0.3, 0.4) is 0 Å². The SMILES string of the molecule is CCCn1cnc2cc(NC(=O)NCc3cn4c(n3)SCC4)ccc21. The van der Waals surface area contributed by atoms with Crippen LogP contribution in [0.2, 0.25) is 0 Å². The number of urea groups is 1. The van der Waals surface area contributed by atoms with Crippen molar-refractivity contribution in [1.82, 2.24) is 24.4 Å². The van der Waals surface area contributed by atoms with Gasteiger partial charge in [-0.3, -0.25) is 0 Å². The molecule has 3 heterocycles. The second-order valence-corrected chi connectivity index (χ2v) is 7.07. The molecule has 0 radical (unpaired) electrons. The summed E-state index contributed by atoms with van der Waals surface area (Å²) in [6.45, 7) is 4.49. The van der Waals surface area contributed by atoms with Gasteiger partial charge in [0.1, 0.15) is 0 Å². The summed E-state index contributed by atoms with van der Waals surface area (Å²) in [6.07, 6.45) is 4.90. The predicted octanol–water partition coefficient (Wildman–Crippen LogP) is 3.07. The number of amides is 2. The molecule has 0 aliphatic carbocycles. The van der Waals surface area contributed by atoms with Crippen LogP contribution < -0.4 is 10.6 Å². The highest BCUT2D eigenvalue weighted by atomic mass is 32.2. The molecule has 1 aliphatic rings. The summed E-state index contributed by atoms with van der Waals surface area (Å²) in [5, 5.41) is 6.74. The van der Waals surface area contributed by atoms with Gasteiger partial charge in [0.2, 0.25) is 0 Å². The largest absolute Gasteiger partial charge is 0.332 e. The molecule has 0 fully saturated rings. The monoisotopic (exact) mass is 356 g/mol. The number of hydrogen-bond acceptors (Lipinski definition) is 4. The molecule has 130 valence electrons. The van der Waals surface area contributed by atoms with Crippen LogP contribution >= 0.6 is 11.8 Å². The maximum Gasteiger partial charge on any atom is 0.319 e. The van der Waals surface area contributed by atoms with Crippen LogP contribution in [0.5, 0.6) is 0 Å². The summed E-state index contributed by atoms with van der Waals surface area (Å²) in [4.78, 5) is 21.0. The number of benzene rings is 1. The fourth-order valence-corrected chi connectivity index (χ4v) is 3.92. The Morgan fingerprint density at radius 2 is 2.32 bits per heavy atom. The highest BCUT2D eigenvalue weighted by Crippen LogP contribution is 2.24. The first-order valence-electron chi connectivity index (χ1n) is 8.41. The fourth-order valence-electron chi connectivity index (χ4n) is 2.95. The van der Waals surface area contributed by atoms with Crippen molar-refractivity contribution in [3.05, 3.63) is 36.4 Å². The number of aromatic nitrogens is 4. The van der Waals surface area contributed by atoms with E-state index in [0.717, 1.165) is 52.8 Å². The lowest BCUT2D eigenvalue weighted by atomic mass is 10.2. The standard InChI is InChI=1S/C17H20N6OS/c1-2-5-23-11-19-14-8-12(3-4-15(14)23)20-16(24)18-9-13-10-22-6-7-25-17(22)21-13/h3-4,8,10-11H,2,5-7,9H2,1H3,(H2,18,20,24). The van der Waals surface area contributed by atoms with Gasteiger partial charge in [0, 0.05) is 30.7 Å². The second kappa shape index (κ2) is 6.79. The number of hydrogen-bond donors (Lipinski definition) is 2. The molecule has 3 aromatic rings. The molecule has 2 aromatic heterocycles. The van der Waals surface area contributed by atoms with Crippen LogP contribution in [-0.2, 0) is 19.6 Å². The fraction of sp³-hybridized carbons (Fsp3) is 0.353. The van der Waals surface area contributed by atoms with Crippen molar-refractivity contribution >= 4 is 34.5 Å². The molecule has 1 aliphatic heterocycles. The molecule has 4 rings (SSSR count). The number of aryl methyl sites for hydroxylation is 2. The van der Waals surface area contributed by atoms with Crippen LogP contribution in [0.25, 0.3) is 11.0 Å². The average molecular weight is 356 g/mol. The molecule has 2 N–H and O–H groups in total. The molecular weight excluding hydrogens is 336 g/mol. The minimum absolute atomic E-state index is 0.242. The van der Waals surface area contributed by atoms with Crippen molar-refractivity contribution in [3.63, 3.8) is 0 Å². The summed E-state index contributed by atoms with van der Waals surface area (Å²) >= 11 is 1.75. The minimum atomic E-state index is -0.242. The molecule has 0 spiro atoms. The van der Waals surface area contributed by atoms with Crippen molar-refractivity contribution in [3.8, 4) is 0 Å². The Morgan fingerprint density at radius 1 is 1.40 bits per heavy atom. The molecule has 2 amide bonds. The molecule has 7 nitrogen and oxygen atoms in total. The van der Waals surface area contributed by atoms with E-state index >= 15 is 0 Å². The molecule has 0 bridgehead atoms. The number of anilines is 1. The molecular formula is C17H20N6OS. The number of thioether (sulfide) groups is 1. The van der Waals surface area contributed by atoms with E-state index in [1.165, 1.54) is 0 Å². The van der Waals surface area contributed by atoms with Crippen LogP contribution in [0.15, 0.2) is 35.9 Å². The number of nitrogens with zero attached hydrogens (tertiary/aromatic N) is 4. The van der Waals surface area contributed by atoms with E-state index in [9.17, 15) is 4.79 Å². The minimum Gasteiger partial charge on any atom is -0.332 e. The third-order valence-corrected chi connectivity index (χ3v) is 5.10. The highest BCUT2D eigenvalue weighted by molar-refractivity contribution is 7.99. The zero-order chi connectivity index (χ0) is 17.2. The molecule has 0 saturated heterocycles. The van der Waals surface area contributed by atoms with Crippen LogP contribution in [0.1, 0.15) is 19.0 Å². The van der Waals surface area contributed by atoms with Crippen molar-refractivity contribution in [2.24, 2.45) is 0 Å². The first-order valence-corrected chi connectivity index (χ1v) is 9.40. The normalized spacial score (nSPS) is 13.2. The number of nitrogens with one attached hydrogen (secondary N) is 2. The zero-order valence-corrected chi connectivity index (χ0v) is 14.8. The lowest BCUT2D eigenvalue weighted by Gasteiger charge is -2.07. The average Bonchev–Trinajstić information content (AvgIpc) is 3.28. The van der Waals surface area contributed by atoms with Gasteiger partial charge >= 0.3 is 6.03 Å². The van der Waals surface area contributed by atoms with Crippen LogP contribution in [0.4, 0.5) is 10.5 Å². The Bertz CT molecular complexity index is 894. The number of fused-ring (bicyclic) bond motifs is 2. The van der Waals surface area contributed by atoms with Gasteiger partial charge in [-0.1, -0.05) is 18.7 Å². The van der Waals surface area contributed by atoms with Gasteiger partial charge in [0.25, 0.3) is 0 Å². The van der Waals surface area contributed by atoms with Crippen LogP contribution in [-0.4, -0.2) is 30.9 Å². The summed E-state index contributed by atoms with van der Waals surface area (Å²) in [7, 11) is 0. The number of carbonyl (C=O) groups excluding carboxylic acids is 1. The van der Waals surface area contributed by atoms with Gasteiger partial charge in [0.05, 0.1) is 29.6 Å². The van der Waals surface area contributed by atoms with Crippen molar-refractivity contribution in [1.29, 1.82) is 0 Å². The Morgan fingerprint density at radius 3 is 3.16 bits per heavy atom. The third kappa shape index (κ3) is 3.34. The van der Waals surface area contributed by atoms with E-state index in [1.54, 1.807) is 11.8 Å². The van der Waals surface area contributed by atoms with Gasteiger partial charge < -0.3 is 19.8 Å². The number of rotatable bonds is 5. The van der Waals surface area contributed by atoms with E-state index in [-0.39, 0.29) is 6.03 Å². The van der Waals surface area contributed by atoms with Gasteiger partial charge in [-0.25, -0.2) is 14.8 Å². The zero-order valence-electron chi connectivity index (χ0n) is 14.0. The van der Waals surface area contributed by atoms with Gasteiger partial charge in [-0.05, 0) is 24.6 Å². The molecule has 1 aromatic carbocycles. The third-order valence-electron chi connectivity index (χ3n) is 4.13. The highest BCUT2D eigenvalue weighted by Gasteiger charge is 2.14. The van der Waals surface area contributed by atoms with E-state index in [1.807, 2.05) is 30.7 Å².